The van der Waals surface area contributed by atoms with E-state index < -0.39 is 0 Å². The molecule has 0 radical (unpaired) electrons. The maximum absolute atomic E-state index is 12.4. The van der Waals surface area contributed by atoms with Crippen molar-refractivity contribution < 1.29 is 14.3 Å². The second-order valence-electron chi connectivity index (χ2n) is 6.72. The van der Waals surface area contributed by atoms with Crippen LogP contribution in [0, 0.1) is 12.8 Å². The number of hydrogen-bond donors (Lipinski definition) is 1. The molecule has 1 N–H and O–H groups in total. The minimum absolute atomic E-state index is 0.00811. The fourth-order valence-electron chi connectivity index (χ4n) is 2.68. The SMILES string of the molecule is COc1ccc([C@@H](CC(C)C)NC(=O)COc2ccc(Br)c(C)c2)cc1. The van der Waals surface area contributed by atoms with Gasteiger partial charge in [-0.1, -0.05) is 41.9 Å². The molecule has 1 amide bonds. The Labute approximate surface area is 164 Å². The maximum atomic E-state index is 12.4. The van der Waals surface area contributed by atoms with Gasteiger partial charge in [0.1, 0.15) is 11.5 Å². The first kappa shape index (κ1) is 20.3. The Morgan fingerprint density at radius 1 is 1.12 bits per heavy atom. The van der Waals surface area contributed by atoms with E-state index in [1.54, 1.807) is 7.11 Å². The molecule has 0 unspecified atom stereocenters. The van der Waals surface area contributed by atoms with E-state index in [4.69, 9.17) is 9.47 Å². The lowest BCUT2D eigenvalue weighted by Crippen LogP contribution is -2.33. The number of carbonyl (C=O) groups excluding carboxylic acids is 1. The van der Waals surface area contributed by atoms with E-state index in [2.05, 4.69) is 35.1 Å². The third-order valence-electron chi connectivity index (χ3n) is 4.06. The van der Waals surface area contributed by atoms with Crippen molar-refractivity contribution in [3.05, 3.63) is 58.1 Å². The summed E-state index contributed by atoms with van der Waals surface area (Å²) in [7, 11) is 1.64. The molecule has 2 aromatic carbocycles. The van der Waals surface area contributed by atoms with Gasteiger partial charge >= 0.3 is 0 Å². The van der Waals surface area contributed by atoms with Crippen LogP contribution in [-0.2, 0) is 4.79 Å². The normalized spacial score (nSPS) is 11.9. The second kappa shape index (κ2) is 9.62. The van der Waals surface area contributed by atoms with Gasteiger partial charge in [-0.2, -0.15) is 0 Å². The average molecular weight is 420 g/mol. The third kappa shape index (κ3) is 6.06. The van der Waals surface area contributed by atoms with Gasteiger partial charge in [0.25, 0.3) is 5.91 Å². The number of benzene rings is 2. The second-order valence-corrected chi connectivity index (χ2v) is 7.58. The van der Waals surface area contributed by atoms with Gasteiger partial charge in [-0.3, -0.25) is 4.79 Å². The van der Waals surface area contributed by atoms with Crippen LogP contribution < -0.4 is 14.8 Å². The molecule has 0 saturated heterocycles. The molecule has 26 heavy (non-hydrogen) atoms. The zero-order valence-electron chi connectivity index (χ0n) is 15.7. The molecule has 140 valence electrons. The molecular weight excluding hydrogens is 394 g/mol. The number of hydrogen-bond acceptors (Lipinski definition) is 3. The number of nitrogens with one attached hydrogen (secondary N) is 1. The summed E-state index contributed by atoms with van der Waals surface area (Å²) in [4.78, 5) is 12.4. The Hall–Kier alpha value is -2.01. The standard InChI is InChI=1S/C21H26BrNO3/c1-14(2)11-20(16-5-7-17(25-4)8-6-16)23-21(24)13-26-18-9-10-19(22)15(3)12-18/h5-10,12,14,20H,11,13H2,1-4H3,(H,23,24)/t20-/m1/s1. The minimum atomic E-state index is -0.132. The van der Waals surface area contributed by atoms with Gasteiger partial charge in [0.15, 0.2) is 6.61 Å². The number of aryl methyl sites for hydroxylation is 1. The fraction of sp³-hybridized carbons (Fsp3) is 0.381. The van der Waals surface area contributed by atoms with Gasteiger partial charge in [-0.25, -0.2) is 0 Å². The summed E-state index contributed by atoms with van der Waals surface area (Å²) in [5.74, 6) is 1.81. The summed E-state index contributed by atoms with van der Waals surface area (Å²) < 4.78 is 11.9. The van der Waals surface area contributed by atoms with Crippen molar-refractivity contribution in [3.8, 4) is 11.5 Å². The molecule has 4 nitrogen and oxygen atoms in total. The predicted molar refractivity (Wildman–Crippen MR) is 108 cm³/mol. The molecule has 0 aliphatic rings. The molecule has 0 bridgehead atoms. The number of methoxy groups -OCH3 is 1. The monoisotopic (exact) mass is 419 g/mol. The number of carbonyl (C=O) groups is 1. The van der Waals surface area contributed by atoms with Gasteiger partial charge in [0.05, 0.1) is 13.2 Å². The molecule has 2 aromatic rings. The van der Waals surface area contributed by atoms with E-state index in [1.165, 1.54) is 0 Å². The first-order chi connectivity index (χ1) is 12.4. The molecule has 2 rings (SSSR count). The molecule has 0 spiro atoms. The molecule has 1 atom stereocenters. The van der Waals surface area contributed by atoms with Crippen molar-refractivity contribution in [1.82, 2.24) is 5.32 Å². The number of halogens is 1. The van der Waals surface area contributed by atoms with Crippen LogP contribution in [0.1, 0.15) is 37.4 Å². The van der Waals surface area contributed by atoms with E-state index in [0.717, 1.165) is 27.8 Å². The van der Waals surface area contributed by atoms with Crippen molar-refractivity contribution in [2.75, 3.05) is 13.7 Å². The highest BCUT2D eigenvalue weighted by Gasteiger charge is 2.17. The molecular formula is C21H26BrNO3. The Morgan fingerprint density at radius 2 is 1.77 bits per heavy atom. The predicted octanol–water partition coefficient (Wildman–Crippen LogP) is 5.05. The summed E-state index contributed by atoms with van der Waals surface area (Å²) in [6.07, 6.45) is 0.857. The van der Waals surface area contributed by atoms with Gasteiger partial charge in [0, 0.05) is 4.47 Å². The van der Waals surface area contributed by atoms with Crippen LogP contribution in [0.4, 0.5) is 0 Å². The summed E-state index contributed by atoms with van der Waals surface area (Å²) >= 11 is 3.46. The molecule has 0 saturated carbocycles. The van der Waals surface area contributed by atoms with E-state index in [1.807, 2.05) is 49.4 Å². The summed E-state index contributed by atoms with van der Waals surface area (Å²) in [6, 6.07) is 13.4. The van der Waals surface area contributed by atoms with Crippen LogP contribution in [0.3, 0.4) is 0 Å². The van der Waals surface area contributed by atoms with Crippen LogP contribution in [0.5, 0.6) is 11.5 Å². The minimum Gasteiger partial charge on any atom is -0.497 e. The lowest BCUT2D eigenvalue weighted by Gasteiger charge is -2.21. The van der Waals surface area contributed by atoms with Crippen molar-refractivity contribution in [1.29, 1.82) is 0 Å². The molecule has 0 aromatic heterocycles. The van der Waals surface area contributed by atoms with Gasteiger partial charge < -0.3 is 14.8 Å². The number of rotatable bonds is 8. The topological polar surface area (TPSA) is 47.6 Å². The quantitative estimate of drug-likeness (QED) is 0.650. The van der Waals surface area contributed by atoms with Crippen LogP contribution in [0.25, 0.3) is 0 Å². The van der Waals surface area contributed by atoms with E-state index in [9.17, 15) is 4.79 Å². The van der Waals surface area contributed by atoms with E-state index in [-0.39, 0.29) is 18.6 Å². The molecule has 0 heterocycles. The van der Waals surface area contributed by atoms with Crippen LogP contribution in [0.2, 0.25) is 0 Å². The van der Waals surface area contributed by atoms with E-state index in [0.29, 0.717) is 11.7 Å². The highest BCUT2D eigenvalue weighted by Crippen LogP contribution is 2.24. The van der Waals surface area contributed by atoms with E-state index >= 15 is 0 Å². The van der Waals surface area contributed by atoms with Crippen molar-refractivity contribution in [3.63, 3.8) is 0 Å². The summed E-state index contributed by atoms with van der Waals surface area (Å²) in [5.41, 5.74) is 2.13. The van der Waals surface area contributed by atoms with Crippen LogP contribution in [0.15, 0.2) is 46.9 Å². The maximum Gasteiger partial charge on any atom is 0.258 e. The van der Waals surface area contributed by atoms with Crippen molar-refractivity contribution >= 4 is 21.8 Å². The summed E-state index contributed by atoms with van der Waals surface area (Å²) in [6.45, 7) is 6.26. The van der Waals surface area contributed by atoms with Crippen LogP contribution in [-0.4, -0.2) is 19.6 Å². The first-order valence-electron chi connectivity index (χ1n) is 8.71. The van der Waals surface area contributed by atoms with Crippen molar-refractivity contribution in [2.45, 2.75) is 33.2 Å². The largest absolute Gasteiger partial charge is 0.497 e. The number of amides is 1. The smallest absolute Gasteiger partial charge is 0.258 e. The first-order valence-corrected chi connectivity index (χ1v) is 9.50. The molecule has 0 aliphatic carbocycles. The van der Waals surface area contributed by atoms with Crippen LogP contribution >= 0.6 is 15.9 Å². The molecule has 0 fully saturated rings. The average Bonchev–Trinajstić information content (AvgIpc) is 2.62. The lowest BCUT2D eigenvalue weighted by atomic mass is 9.97. The van der Waals surface area contributed by atoms with Gasteiger partial charge in [-0.15, -0.1) is 0 Å². The zero-order valence-corrected chi connectivity index (χ0v) is 17.3. The highest BCUT2D eigenvalue weighted by molar-refractivity contribution is 9.10. The lowest BCUT2D eigenvalue weighted by molar-refractivity contribution is -0.124. The fourth-order valence-corrected chi connectivity index (χ4v) is 2.92. The highest BCUT2D eigenvalue weighted by atomic mass is 79.9. The zero-order chi connectivity index (χ0) is 19.1. The molecule has 0 aliphatic heterocycles. The number of ether oxygens (including phenoxy) is 2. The van der Waals surface area contributed by atoms with Gasteiger partial charge in [-0.05, 0) is 60.7 Å². The Bertz CT molecular complexity index is 729. The molecule has 5 heteroatoms. The third-order valence-corrected chi connectivity index (χ3v) is 4.95. The Balaban J connectivity index is 1.99. The Kier molecular flexibility index (Phi) is 7.51. The Morgan fingerprint density at radius 3 is 2.35 bits per heavy atom. The van der Waals surface area contributed by atoms with Gasteiger partial charge in [0.2, 0.25) is 0 Å². The summed E-state index contributed by atoms with van der Waals surface area (Å²) in [5, 5.41) is 3.08. The van der Waals surface area contributed by atoms with Crippen molar-refractivity contribution in [2.24, 2.45) is 5.92 Å².